The number of aliphatic imine (C=N–C) groups is 1. The van der Waals surface area contributed by atoms with Crippen LogP contribution < -0.4 is 9.64 Å². The summed E-state index contributed by atoms with van der Waals surface area (Å²) in [5, 5.41) is 0. The van der Waals surface area contributed by atoms with Gasteiger partial charge in [0.2, 0.25) is 0 Å². The van der Waals surface area contributed by atoms with Crippen molar-refractivity contribution in [2.75, 3.05) is 4.90 Å². The van der Waals surface area contributed by atoms with Gasteiger partial charge in [-0.25, -0.2) is 4.98 Å². The Morgan fingerprint density at radius 2 is 1.32 bits per heavy atom. The third-order valence-corrected chi connectivity index (χ3v) is 12.0. The normalized spacial score (nSPS) is 21.3. The van der Waals surface area contributed by atoms with Crippen LogP contribution in [0.3, 0.4) is 0 Å². The fourth-order valence-electron chi connectivity index (χ4n) is 8.73. The molecule has 266 valence electrons. The first-order valence-corrected chi connectivity index (χ1v) is 18.0. The Morgan fingerprint density at radius 1 is 0.660 bits per heavy atom. The second kappa shape index (κ2) is 12.3. The number of pyridine rings is 1. The molecule has 1 aromatic heterocycles. The van der Waals surface area contributed by atoms with E-state index in [1.165, 1.54) is 16.7 Å². The maximum atomic E-state index is 6.96. The van der Waals surface area contributed by atoms with Crippen molar-refractivity contribution in [3.8, 4) is 22.6 Å². The molecule has 2 aliphatic heterocycles. The zero-order valence-corrected chi connectivity index (χ0v) is 33.3. The van der Waals surface area contributed by atoms with Gasteiger partial charge in [0, 0.05) is 45.3 Å². The first-order chi connectivity index (χ1) is 24.9. The molecule has 3 heterocycles. The third-order valence-electron chi connectivity index (χ3n) is 12.0. The topological polar surface area (TPSA) is 47.0 Å². The summed E-state index contributed by atoms with van der Waals surface area (Å²) >= 11 is 0. The molecule has 0 spiro atoms. The van der Waals surface area contributed by atoms with Crippen LogP contribution in [0.25, 0.3) is 11.1 Å². The summed E-state index contributed by atoms with van der Waals surface area (Å²) in [5.74, 6) is 2.61. The van der Waals surface area contributed by atoms with Crippen molar-refractivity contribution >= 4 is 23.1 Å². The van der Waals surface area contributed by atoms with Gasteiger partial charge in [0.15, 0.2) is 0 Å². The van der Waals surface area contributed by atoms with Gasteiger partial charge in [-0.2, -0.15) is 5.56 Å². The molecule has 0 saturated carbocycles. The second-order valence-electron chi connectivity index (χ2n) is 15.7. The van der Waals surface area contributed by atoms with E-state index >= 15 is 0 Å². The number of aryl methyl sites for hydroxylation is 1. The molecule has 0 fully saturated rings. The number of para-hydroxylation sites is 1. The van der Waals surface area contributed by atoms with Crippen molar-refractivity contribution < 1.29 is 30.5 Å². The number of anilines is 3. The Morgan fingerprint density at radius 3 is 2.09 bits per heavy atom. The van der Waals surface area contributed by atoms with Crippen LogP contribution in [0.2, 0.25) is 0 Å². The number of hydrogen-bond acceptors (Lipinski definition) is 5. The predicted molar refractivity (Wildman–Crippen MR) is 208 cm³/mol. The zero-order chi connectivity index (χ0) is 36.0. The molecule has 0 bridgehead atoms. The van der Waals surface area contributed by atoms with Gasteiger partial charge >= 0.3 is 21.1 Å². The molecule has 0 unspecified atom stereocenters. The van der Waals surface area contributed by atoms with Crippen LogP contribution in [-0.2, 0) is 42.2 Å². The van der Waals surface area contributed by atoms with Crippen molar-refractivity contribution in [3.63, 3.8) is 0 Å². The minimum absolute atomic E-state index is 0. The molecule has 5 aromatic carbocycles. The number of ether oxygens (including phenoxy) is 2. The van der Waals surface area contributed by atoms with Crippen molar-refractivity contribution in [2.45, 2.75) is 70.4 Å². The third kappa shape index (κ3) is 5.15. The van der Waals surface area contributed by atoms with Gasteiger partial charge < -0.3 is 14.4 Å². The summed E-state index contributed by atoms with van der Waals surface area (Å²) in [6.07, 6.45) is 1.86. The van der Waals surface area contributed by atoms with E-state index in [0.29, 0.717) is 17.4 Å². The van der Waals surface area contributed by atoms with Crippen LogP contribution in [0.4, 0.5) is 17.2 Å². The maximum Gasteiger partial charge on any atom is 2.00 e. The van der Waals surface area contributed by atoms with Crippen molar-refractivity contribution in [1.29, 1.82) is 0 Å². The van der Waals surface area contributed by atoms with E-state index in [-0.39, 0.29) is 31.9 Å². The molecule has 0 radical (unpaired) electrons. The van der Waals surface area contributed by atoms with Gasteiger partial charge in [0.05, 0.1) is 0 Å². The summed E-state index contributed by atoms with van der Waals surface area (Å²) in [7, 11) is 0. The molecule has 0 N–H and O–H groups in total. The number of rotatable bonds is 5. The van der Waals surface area contributed by atoms with E-state index in [1.807, 2.05) is 42.6 Å². The molecule has 2 atom stereocenters. The minimum Gasteiger partial charge on any atom is -0.508 e. The SMILES string of the molecule is Cc1cc(Oc2[c-]c(C3=N[C@]4(C)C(C)(C)c5ccccc5[C@]4(C)O3)cc(-c3ccccc3)c2)[c-]c(N2c3ccccc3C(C)(C)c3cccnc32)c1.[Pt+2]. The van der Waals surface area contributed by atoms with E-state index in [1.54, 1.807) is 0 Å². The molecule has 0 amide bonds. The fraction of sp³-hybridized carbons (Fsp3) is 0.234. The molecule has 9 rings (SSSR count). The molecule has 6 heteroatoms. The van der Waals surface area contributed by atoms with E-state index in [9.17, 15) is 0 Å². The summed E-state index contributed by atoms with van der Waals surface area (Å²) in [6.45, 7) is 15.5. The van der Waals surface area contributed by atoms with Crippen LogP contribution in [0.5, 0.6) is 11.5 Å². The van der Waals surface area contributed by atoms with E-state index < -0.39 is 11.1 Å². The van der Waals surface area contributed by atoms with Crippen LogP contribution >= 0.6 is 0 Å². The predicted octanol–water partition coefficient (Wildman–Crippen LogP) is 11.3. The molecule has 6 aromatic rings. The molecule has 3 aliphatic rings. The van der Waals surface area contributed by atoms with E-state index in [4.69, 9.17) is 19.5 Å². The standard InChI is InChI=1S/C47H41N3O2.Pt/c1-30-24-34(50-41-22-14-13-20-39(41)44(2,3)40-21-15-23-48-42(40)50)29-35(25-30)51-36-27-32(31-16-9-8-10-17-31)26-33(28-36)43-49-47(7)45(4,5)37-18-11-12-19-38(37)46(47,6)52-43;/h8-27H,1-7H3;/q-2;+2/t46-,47+;/m0./s1. The van der Waals surface area contributed by atoms with Crippen LogP contribution in [0, 0.1) is 19.1 Å². The molecule has 0 saturated heterocycles. The summed E-state index contributed by atoms with van der Waals surface area (Å²) in [4.78, 5) is 12.5. The Balaban J connectivity index is 0.00000400. The summed E-state index contributed by atoms with van der Waals surface area (Å²) in [5.41, 5.74) is 9.01. The molecule has 1 aliphatic carbocycles. The zero-order valence-electron chi connectivity index (χ0n) is 31.0. The van der Waals surface area contributed by atoms with Crippen molar-refractivity contribution in [3.05, 3.63) is 167 Å². The Hall–Kier alpha value is -4.99. The molecule has 5 nitrogen and oxygen atoms in total. The molecular weight excluding hydrogens is 834 g/mol. The smallest absolute Gasteiger partial charge is 0.508 e. The fourth-order valence-corrected chi connectivity index (χ4v) is 8.73. The van der Waals surface area contributed by atoms with Crippen LogP contribution in [-0.4, -0.2) is 16.4 Å². The van der Waals surface area contributed by atoms with Gasteiger partial charge in [-0.15, -0.1) is 24.3 Å². The first-order valence-electron chi connectivity index (χ1n) is 18.0. The average Bonchev–Trinajstić information content (AvgIpc) is 3.50. The Labute approximate surface area is 327 Å². The quantitative estimate of drug-likeness (QED) is 0.162. The number of hydrogen-bond donors (Lipinski definition) is 0. The number of nitrogens with zero attached hydrogens (tertiary/aromatic N) is 3. The van der Waals surface area contributed by atoms with Gasteiger partial charge in [0.25, 0.3) is 0 Å². The van der Waals surface area contributed by atoms with E-state index in [0.717, 1.165) is 45.0 Å². The monoisotopic (exact) mass is 874 g/mol. The van der Waals surface area contributed by atoms with Gasteiger partial charge in [0.1, 0.15) is 22.9 Å². The maximum absolute atomic E-state index is 6.96. The largest absolute Gasteiger partial charge is 2.00 e. The Kier molecular flexibility index (Phi) is 8.12. The van der Waals surface area contributed by atoms with Gasteiger partial charge in [-0.1, -0.05) is 142 Å². The summed E-state index contributed by atoms with van der Waals surface area (Å²) < 4.78 is 13.7. The number of fused-ring (bicyclic) bond motifs is 5. The van der Waals surface area contributed by atoms with Crippen LogP contribution in [0.1, 0.15) is 74.9 Å². The van der Waals surface area contributed by atoms with E-state index in [2.05, 4.69) is 144 Å². The number of aromatic nitrogens is 1. The first kappa shape index (κ1) is 35.1. The second-order valence-corrected chi connectivity index (χ2v) is 15.7. The Bertz CT molecular complexity index is 2390. The average molecular weight is 875 g/mol. The van der Waals surface area contributed by atoms with Gasteiger partial charge in [-0.05, 0) is 42.7 Å². The molecule has 53 heavy (non-hydrogen) atoms. The summed E-state index contributed by atoms with van der Waals surface area (Å²) in [6, 6.07) is 47.1. The number of benzene rings is 5. The minimum atomic E-state index is -0.636. The van der Waals surface area contributed by atoms with Gasteiger partial charge in [-0.3, -0.25) is 4.99 Å². The van der Waals surface area contributed by atoms with Crippen molar-refractivity contribution in [2.24, 2.45) is 4.99 Å². The van der Waals surface area contributed by atoms with Crippen molar-refractivity contribution in [1.82, 2.24) is 4.98 Å². The molecular formula is C47H41N3O2Pt. The van der Waals surface area contributed by atoms with Crippen LogP contribution in [0.15, 0.2) is 126 Å².